The first-order valence-corrected chi connectivity index (χ1v) is 11.1. The summed E-state index contributed by atoms with van der Waals surface area (Å²) in [5.41, 5.74) is 7.62. The van der Waals surface area contributed by atoms with Gasteiger partial charge in [0.1, 0.15) is 5.75 Å². The van der Waals surface area contributed by atoms with Gasteiger partial charge in [0.15, 0.2) is 0 Å². The van der Waals surface area contributed by atoms with Gasteiger partial charge in [-0.3, -0.25) is 0 Å². The summed E-state index contributed by atoms with van der Waals surface area (Å²) in [5, 5.41) is 0. The van der Waals surface area contributed by atoms with Gasteiger partial charge in [0.2, 0.25) is 0 Å². The highest BCUT2D eigenvalue weighted by Gasteiger charge is 2.41. The van der Waals surface area contributed by atoms with Crippen molar-refractivity contribution < 1.29 is 17.9 Å². The molecule has 0 spiro atoms. The summed E-state index contributed by atoms with van der Waals surface area (Å²) in [4.78, 5) is 2.55. The molecule has 0 unspecified atom stereocenters. The topological polar surface area (TPSA) is 38.5 Å². The summed E-state index contributed by atoms with van der Waals surface area (Å²) in [6.45, 7) is 5.85. The van der Waals surface area contributed by atoms with Crippen molar-refractivity contribution in [3.05, 3.63) is 59.7 Å². The molecule has 1 aliphatic heterocycles. The quantitative estimate of drug-likeness (QED) is 0.591. The monoisotopic (exact) mass is 432 g/mol. The first-order valence-electron chi connectivity index (χ1n) is 11.1. The lowest BCUT2D eigenvalue weighted by Gasteiger charge is -2.48. The van der Waals surface area contributed by atoms with Crippen molar-refractivity contribution in [1.29, 1.82) is 0 Å². The number of piperidine rings is 1. The second-order valence-corrected chi connectivity index (χ2v) is 9.35. The van der Waals surface area contributed by atoms with E-state index in [0.717, 1.165) is 43.9 Å². The van der Waals surface area contributed by atoms with E-state index in [9.17, 15) is 13.2 Å². The Morgan fingerprint density at radius 1 is 1.06 bits per heavy atom. The van der Waals surface area contributed by atoms with E-state index in [2.05, 4.69) is 24.0 Å². The lowest BCUT2D eigenvalue weighted by Crippen LogP contribution is -2.50. The Bertz CT molecular complexity index is 860. The molecule has 1 saturated heterocycles. The van der Waals surface area contributed by atoms with Gasteiger partial charge < -0.3 is 15.4 Å². The molecule has 2 fully saturated rings. The fourth-order valence-electron chi connectivity index (χ4n) is 4.94. The number of ether oxygens (including phenoxy) is 1. The highest BCUT2D eigenvalue weighted by molar-refractivity contribution is 5.42. The number of hydrogen-bond donors (Lipinski definition) is 1. The van der Waals surface area contributed by atoms with Crippen molar-refractivity contribution in [2.24, 2.45) is 11.8 Å². The van der Waals surface area contributed by atoms with Crippen LogP contribution in [0.3, 0.4) is 0 Å². The van der Waals surface area contributed by atoms with Gasteiger partial charge in [0.05, 0.1) is 12.2 Å². The maximum absolute atomic E-state index is 12.7. The van der Waals surface area contributed by atoms with Crippen LogP contribution in [0.4, 0.5) is 18.9 Å². The molecule has 1 saturated carbocycles. The molecule has 2 aromatic rings. The molecule has 3 nitrogen and oxygen atoms in total. The Balaban J connectivity index is 1.36. The molecule has 6 heteroatoms. The molecule has 2 aliphatic rings. The van der Waals surface area contributed by atoms with E-state index in [0.29, 0.717) is 24.2 Å². The molecule has 0 aromatic heterocycles. The second kappa shape index (κ2) is 8.73. The van der Waals surface area contributed by atoms with Gasteiger partial charge >= 0.3 is 6.18 Å². The summed E-state index contributed by atoms with van der Waals surface area (Å²) in [7, 11) is 0. The minimum absolute atomic E-state index is 0.215. The van der Waals surface area contributed by atoms with Crippen LogP contribution in [0.25, 0.3) is 0 Å². The number of alkyl halides is 3. The van der Waals surface area contributed by atoms with E-state index in [1.807, 2.05) is 12.1 Å². The summed E-state index contributed by atoms with van der Waals surface area (Å²) < 4.78 is 44.1. The predicted molar refractivity (Wildman–Crippen MR) is 117 cm³/mol. The van der Waals surface area contributed by atoms with Crippen LogP contribution < -0.4 is 10.5 Å². The van der Waals surface area contributed by atoms with Crippen LogP contribution in [-0.2, 0) is 11.6 Å². The van der Waals surface area contributed by atoms with Crippen molar-refractivity contribution in [2.45, 2.75) is 44.2 Å². The summed E-state index contributed by atoms with van der Waals surface area (Å²) >= 11 is 0. The number of hydrogen-bond acceptors (Lipinski definition) is 3. The first-order chi connectivity index (χ1) is 14.7. The number of nitrogens with two attached hydrogens (primary N) is 1. The number of likely N-dealkylation sites (tertiary alicyclic amines) is 1. The average molecular weight is 433 g/mol. The number of nitrogens with zero attached hydrogens (tertiary/aromatic N) is 1. The SMILES string of the molecule is C[C@@H]1CCN(CC2(c3ccc(N)cc3)CCC2)C[C@H]1COc1ccc(C(F)(F)F)cc1. The third-order valence-corrected chi connectivity index (χ3v) is 7.20. The number of nitrogen functional groups attached to an aromatic ring is 1. The van der Waals surface area contributed by atoms with E-state index >= 15 is 0 Å². The standard InChI is InChI=1S/C25H31F3N2O/c1-18-11-14-30(17-24(12-2-13-24)20-3-7-22(29)8-4-20)15-19(18)16-31-23-9-5-21(6-10-23)25(26,27)28/h3-10,18-19H,2,11-17,29H2,1H3/t18-,19+/m1/s1. The first kappa shape index (κ1) is 22.0. The van der Waals surface area contributed by atoms with E-state index in [1.54, 1.807) is 0 Å². The molecule has 168 valence electrons. The highest BCUT2D eigenvalue weighted by atomic mass is 19.4. The van der Waals surface area contributed by atoms with Crippen LogP contribution in [0.1, 0.15) is 43.7 Å². The van der Waals surface area contributed by atoms with Gasteiger partial charge in [-0.2, -0.15) is 13.2 Å². The molecule has 2 N–H and O–H groups in total. The smallest absolute Gasteiger partial charge is 0.416 e. The maximum Gasteiger partial charge on any atom is 0.416 e. The van der Waals surface area contributed by atoms with E-state index < -0.39 is 11.7 Å². The molecule has 2 aromatic carbocycles. The number of benzene rings is 2. The Hall–Kier alpha value is -2.21. The van der Waals surface area contributed by atoms with Gasteiger partial charge in [-0.1, -0.05) is 25.5 Å². The van der Waals surface area contributed by atoms with E-state index in [4.69, 9.17) is 10.5 Å². The molecule has 1 heterocycles. The van der Waals surface area contributed by atoms with Crippen molar-refractivity contribution in [3.63, 3.8) is 0 Å². The summed E-state index contributed by atoms with van der Waals surface area (Å²) in [6.07, 6.45) is 0.457. The number of anilines is 1. The van der Waals surface area contributed by atoms with Crippen LogP contribution >= 0.6 is 0 Å². The van der Waals surface area contributed by atoms with Crippen LogP contribution in [0.15, 0.2) is 48.5 Å². The van der Waals surface area contributed by atoms with Crippen molar-refractivity contribution >= 4 is 5.69 Å². The maximum atomic E-state index is 12.7. The lowest BCUT2D eigenvalue weighted by atomic mass is 9.64. The van der Waals surface area contributed by atoms with Gasteiger partial charge in [-0.05, 0) is 73.7 Å². The van der Waals surface area contributed by atoms with Crippen molar-refractivity contribution in [2.75, 3.05) is 32.0 Å². The van der Waals surface area contributed by atoms with Gasteiger partial charge in [0, 0.05) is 30.1 Å². The minimum atomic E-state index is -4.32. The molecule has 4 rings (SSSR count). The largest absolute Gasteiger partial charge is 0.493 e. The molecule has 0 radical (unpaired) electrons. The predicted octanol–water partition coefficient (Wildman–Crippen LogP) is 5.75. The third-order valence-electron chi connectivity index (χ3n) is 7.20. The van der Waals surface area contributed by atoms with Gasteiger partial charge in [-0.25, -0.2) is 0 Å². The average Bonchev–Trinajstić information content (AvgIpc) is 2.71. The minimum Gasteiger partial charge on any atom is -0.493 e. The van der Waals surface area contributed by atoms with Crippen LogP contribution in [0, 0.1) is 11.8 Å². The highest BCUT2D eigenvalue weighted by Crippen LogP contribution is 2.45. The molecule has 0 bridgehead atoms. The van der Waals surface area contributed by atoms with Gasteiger partial charge in [-0.15, -0.1) is 0 Å². The number of rotatable bonds is 6. The molecule has 0 amide bonds. The zero-order valence-electron chi connectivity index (χ0n) is 18.0. The fourth-order valence-corrected chi connectivity index (χ4v) is 4.94. The van der Waals surface area contributed by atoms with Crippen molar-refractivity contribution in [3.8, 4) is 5.75 Å². The van der Waals surface area contributed by atoms with Gasteiger partial charge in [0.25, 0.3) is 0 Å². The Morgan fingerprint density at radius 2 is 1.74 bits per heavy atom. The Labute approximate surface area is 182 Å². The van der Waals surface area contributed by atoms with Crippen LogP contribution in [0.2, 0.25) is 0 Å². The second-order valence-electron chi connectivity index (χ2n) is 9.35. The molecular formula is C25H31F3N2O. The summed E-state index contributed by atoms with van der Waals surface area (Å²) in [6, 6.07) is 13.3. The normalized spacial score (nSPS) is 23.9. The Morgan fingerprint density at radius 3 is 2.32 bits per heavy atom. The zero-order chi connectivity index (χ0) is 22.1. The van der Waals surface area contributed by atoms with E-state index in [1.165, 1.54) is 37.0 Å². The fraction of sp³-hybridized carbons (Fsp3) is 0.520. The van der Waals surface area contributed by atoms with E-state index in [-0.39, 0.29) is 5.41 Å². The molecular weight excluding hydrogens is 401 g/mol. The molecule has 1 aliphatic carbocycles. The molecule has 2 atom stereocenters. The zero-order valence-corrected chi connectivity index (χ0v) is 18.0. The molecule has 31 heavy (non-hydrogen) atoms. The number of halogens is 3. The third kappa shape index (κ3) is 5.00. The lowest BCUT2D eigenvalue weighted by molar-refractivity contribution is -0.137. The van der Waals surface area contributed by atoms with Crippen LogP contribution in [-0.4, -0.2) is 31.1 Å². The summed E-state index contributed by atoms with van der Waals surface area (Å²) in [5.74, 6) is 1.38. The van der Waals surface area contributed by atoms with Crippen LogP contribution in [0.5, 0.6) is 5.75 Å². The van der Waals surface area contributed by atoms with Crippen molar-refractivity contribution in [1.82, 2.24) is 4.90 Å². The Kier molecular flexibility index (Phi) is 6.20.